The lowest BCUT2D eigenvalue weighted by Gasteiger charge is -2.28. The van der Waals surface area contributed by atoms with Crippen LogP contribution < -0.4 is 5.32 Å². The summed E-state index contributed by atoms with van der Waals surface area (Å²) < 4.78 is 5.03. The van der Waals surface area contributed by atoms with E-state index in [0.29, 0.717) is 6.42 Å². The number of carbonyl (C=O) groups excluding carboxylic acids is 1. The summed E-state index contributed by atoms with van der Waals surface area (Å²) in [6.45, 7) is 5.11. The zero-order chi connectivity index (χ0) is 12.8. The number of piperazine rings is 1. The second-order valence-electron chi connectivity index (χ2n) is 4.75. The lowest BCUT2D eigenvalue weighted by molar-refractivity contribution is -0.132. The van der Waals surface area contributed by atoms with E-state index in [1.807, 2.05) is 18.0 Å². The van der Waals surface area contributed by atoms with Gasteiger partial charge < -0.3 is 19.5 Å². The lowest BCUT2D eigenvalue weighted by atomic mass is 10.2. The van der Waals surface area contributed by atoms with Gasteiger partial charge in [-0.3, -0.25) is 4.79 Å². The monoisotopic (exact) mass is 251 g/mol. The summed E-state index contributed by atoms with van der Waals surface area (Å²) >= 11 is 0. The number of nitrogens with one attached hydrogen (secondary N) is 1. The van der Waals surface area contributed by atoms with E-state index >= 15 is 0 Å². The molecule has 18 heavy (non-hydrogen) atoms. The molecule has 1 fully saturated rings. The molecule has 0 saturated carbocycles. The number of amides is 1. The quantitative estimate of drug-likeness (QED) is 0.829. The minimum atomic E-state index is 0.260. The van der Waals surface area contributed by atoms with Crippen LogP contribution in [0.5, 0.6) is 0 Å². The molecule has 1 saturated heterocycles. The highest BCUT2D eigenvalue weighted by molar-refractivity contribution is 5.76. The van der Waals surface area contributed by atoms with E-state index in [4.69, 9.17) is 4.42 Å². The summed E-state index contributed by atoms with van der Waals surface area (Å²) in [5, 5.41) is 3.25. The van der Waals surface area contributed by atoms with Gasteiger partial charge in [-0.1, -0.05) is 0 Å². The molecule has 1 aliphatic rings. The maximum atomic E-state index is 12.0. The number of hydrogen-bond donors (Lipinski definition) is 1. The van der Waals surface area contributed by atoms with Crippen molar-refractivity contribution in [1.82, 2.24) is 15.1 Å². The molecule has 5 heteroatoms. The van der Waals surface area contributed by atoms with Crippen molar-refractivity contribution in [1.29, 1.82) is 0 Å². The van der Waals surface area contributed by atoms with Gasteiger partial charge in [0, 0.05) is 51.3 Å². The topological polar surface area (TPSA) is 48.7 Å². The van der Waals surface area contributed by atoms with Crippen molar-refractivity contribution in [3.05, 3.63) is 24.2 Å². The average molecular weight is 251 g/mol. The Labute approximate surface area is 108 Å². The first-order chi connectivity index (χ1) is 8.75. The average Bonchev–Trinajstić information content (AvgIpc) is 2.90. The first kappa shape index (κ1) is 13.1. The van der Waals surface area contributed by atoms with Gasteiger partial charge in [-0.05, 0) is 13.1 Å². The Bertz CT molecular complexity index is 358. The molecule has 1 aliphatic heterocycles. The van der Waals surface area contributed by atoms with Gasteiger partial charge in [-0.15, -0.1) is 0 Å². The molecule has 5 nitrogen and oxygen atoms in total. The molecule has 0 unspecified atom stereocenters. The zero-order valence-corrected chi connectivity index (χ0v) is 10.9. The SMILES string of the molecule is CN(CCC(=O)N1CCNCC1)Cc1ccoc1. The van der Waals surface area contributed by atoms with E-state index in [9.17, 15) is 4.79 Å². The minimum Gasteiger partial charge on any atom is -0.472 e. The molecule has 100 valence electrons. The van der Waals surface area contributed by atoms with Crippen LogP contribution in [0.3, 0.4) is 0 Å². The van der Waals surface area contributed by atoms with Gasteiger partial charge in [-0.2, -0.15) is 0 Å². The van der Waals surface area contributed by atoms with Gasteiger partial charge in [0.1, 0.15) is 0 Å². The summed E-state index contributed by atoms with van der Waals surface area (Å²) in [7, 11) is 2.03. The van der Waals surface area contributed by atoms with Crippen molar-refractivity contribution >= 4 is 5.91 Å². The molecule has 0 aliphatic carbocycles. The van der Waals surface area contributed by atoms with Crippen LogP contribution in [0.4, 0.5) is 0 Å². The summed E-state index contributed by atoms with van der Waals surface area (Å²) in [6.07, 6.45) is 4.01. The summed E-state index contributed by atoms with van der Waals surface area (Å²) in [5.41, 5.74) is 1.15. The Morgan fingerprint density at radius 1 is 1.50 bits per heavy atom. The molecule has 0 atom stereocenters. The van der Waals surface area contributed by atoms with Gasteiger partial charge in [0.2, 0.25) is 5.91 Å². The standard InChI is InChI=1S/C13H21N3O2/c1-15(10-12-3-9-18-11-12)6-2-13(17)16-7-4-14-5-8-16/h3,9,11,14H,2,4-8,10H2,1H3. The first-order valence-electron chi connectivity index (χ1n) is 6.44. The Balaban J connectivity index is 1.68. The minimum absolute atomic E-state index is 0.260. The second kappa shape index (κ2) is 6.56. The lowest BCUT2D eigenvalue weighted by Crippen LogP contribution is -2.47. The van der Waals surface area contributed by atoms with Gasteiger partial charge in [0.15, 0.2) is 0 Å². The van der Waals surface area contributed by atoms with Crippen LogP contribution in [0.1, 0.15) is 12.0 Å². The van der Waals surface area contributed by atoms with Crippen LogP contribution in [0.25, 0.3) is 0 Å². The van der Waals surface area contributed by atoms with E-state index in [1.165, 1.54) is 0 Å². The Morgan fingerprint density at radius 2 is 2.28 bits per heavy atom. The molecule has 1 amide bonds. The van der Waals surface area contributed by atoms with Crippen molar-refractivity contribution in [2.45, 2.75) is 13.0 Å². The van der Waals surface area contributed by atoms with Crippen molar-refractivity contribution < 1.29 is 9.21 Å². The van der Waals surface area contributed by atoms with Crippen LogP contribution in [-0.2, 0) is 11.3 Å². The van der Waals surface area contributed by atoms with Crippen LogP contribution in [0.15, 0.2) is 23.0 Å². The summed E-state index contributed by atoms with van der Waals surface area (Å²) in [5.74, 6) is 0.260. The Hall–Kier alpha value is -1.33. The fraction of sp³-hybridized carbons (Fsp3) is 0.615. The van der Waals surface area contributed by atoms with E-state index < -0.39 is 0 Å². The molecule has 0 radical (unpaired) electrons. The molecule has 2 heterocycles. The molecule has 1 aromatic heterocycles. The van der Waals surface area contributed by atoms with Crippen molar-refractivity contribution in [2.24, 2.45) is 0 Å². The highest BCUT2D eigenvalue weighted by Gasteiger charge is 2.16. The van der Waals surface area contributed by atoms with Crippen LogP contribution in [0.2, 0.25) is 0 Å². The number of rotatable bonds is 5. The van der Waals surface area contributed by atoms with E-state index in [2.05, 4.69) is 10.2 Å². The fourth-order valence-corrected chi connectivity index (χ4v) is 2.13. The van der Waals surface area contributed by atoms with E-state index in [1.54, 1.807) is 12.5 Å². The number of nitrogens with zero attached hydrogens (tertiary/aromatic N) is 2. The Morgan fingerprint density at radius 3 is 2.94 bits per heavy atom. The fourth-order valence-electron chi connectivity index (χ4n) is 2.13. The second-order valence-corrected chi connectivity index (χ2v) is 4.75. The van der Waals surface area contributed by atoms with Gasteiger partial charge >= 0.3 is 0 Å². The summed E-state index contributed by atoms with van der Waals surface area (Å²) in [4.78, 5) is 16.0. The van der Waals surface area contributed by atoms with E-state index in [-0.39, 0.29) is 5.91 Å². The molecule has 0 bridgehead atoms. The van der Waals surface area contributed by atoms with Crippen molar-refractivity contribution in [3.8, 4) is 0 Å². The molecule has 1 N–H and O–H groups in total. The smallest absolute Gasteiger partial charge is 0.223 e. The van der Waals surface area contributed by atoms with Crippen molar-refractivity contribution in [2.75, 3.05) is 39.8 Å². The van der Waals surface area contributed by atoms with Gasteiger partial charge in [0.05, 0.1) is 12.5 Å². The van der Waals surface area contributed by atoms with Crippen LogP contribution >= 0.6 is 0 Å². The van der Waals surface area contributed by atoms with Crippen LogP contribution in [-0.4, -0.2) is 55.5 Å². The molecule has 0 spiro atoms. The summed E-state index contributed by atoms with van der Waals surface area (Å²) in [6, 6.07) is 1.95. The molecular weight excluding hydrogens is 230 g/mol. The highest BCUT2D eigenvalue weighted by Crippen LogP contribution is 2.05. The predicted octanol–water partition coefficient (Wildman–Crippen LogP) is 0.533. The Kier molecular flexibility index (Phi) is 4.78. The normalized spacial score (nSPS) is 16.2. The maximum absolute atomic E-state index is 12.0. The highest BCUT2D eigenvalue weighted by atomic mass is 16.3. The number of furan rings is 1. The van der Waals surface area contributed by atoms with Crippen LogP contribution in [0, 0.1) is 0 Å². The van der Waals surface area contributed by atoms with Gasteiger partial charge in [0.25, 0.3) is 0 Å². The van der Waals surface area contributed by atoms with Gasteiger partial charge in [-0.25, -0.2) is 0 Å². The predicted molar refractivity (Wildman–Crippen MR) is 69.1 cm³/mol. The molecule has 0 aromatic carbocycles. The third-order valence-corrected chi connectivity index (χ3v) is 3.21. The van der Waals surface area contributed by atoms with E-state index in [0.717, 1.165) is 44.8 Å². The largest absolute Gasteiger partial charge is 0.472 e. The molecule has 2 rings (SSSR count). The number of carbonyl (C=O) groups is 1. The maximum Gasteiger partial charge on any atom is 0.223 e. The third-order valence-electron chi connectivity index (χ3n) is 3.21. The zero-order valence-electron chi connectivity index (χ0n) is 10.9. The molecular formula is C13H21N3O2. The third kappa shape index (κ3) is 3.85. The number of hydrogen-bond acceptors (Lipinski definition) is 4. The molecule has 1 aromatic rings. The first-order valence-corrected chi connectivity index (χ1v) is 6.44. The van der Waals surface area contributed by atoms with Crippen molar-refractivity contribution in [3.63, 3.8) is 0 Å².